The van der Waals surface area contributed by atoms with Crippen LogP contribution in [0.2, 0.25) is 0 Å². The van der Waals surface area contributed by atoms with Crippen LogP contribution in [0.5, 0.6) is 5.75 Å². The van der Waals surface area contributed by atoms with Crippen LogP contribution in [0, 0.1) is 0 Å². The van der Waals surface area contributed by atoms with Crippen LogP contribution in [0.3, 0.4) is 0 Å². The zero-order chi connectivity index (χ0) is 21.8. The molecule has 12 heteroatoms. The molecule has 1 aromatic heterocycles. The van der Waals surface area contributed by atoms with Gasteiger partial charge in [-0.05, 0) is 36.8 Å². The Kier molecular flexibility index (Phi) is 6.82. The van der Waals surface area contributed by atoms with Gasteiger partial charge in [0, 0.05) is 6.42 Å². The van der Waals surface area contributed by atoms with E-state index < -0.39 is 43.4 Å². The summed E-state index contributed by atoms with van der Waals surface area (Å²) in [6.45, 7) is 3.33. The van der Waals surface area contributed by atoms with Gasteiger partial charge in [-0.15, -0.1) is 15.0 Å². The van der Waals surface area contributed by atoms with Gasteiger partial charge in [-0.2, -0.15) is 0 Å². The van der Waals surface area contributed by atoms with Gasteiger partial charge < -0.3 is 34.6 Å². The second kappa shape index (κ2) is 9.34. The van der Waals surface area contributed by atoms with Crippen molar-refractivity contribution in [2.45, 2.75) is 57.0 Å². The van der Waals surface area contributed by atoms with Gasteiger partial charge in [-0.3, -0.25) is 0 Å². The number of ether oxygens (including phenoxy) is 3. The number of aliphatic hydroxyl groups excluding tert-OH is 3. The first kappa shape index (κ1) is 21.9. The summed E-state index contributed by atoms with van der Waals surface area (Å²) in [7, 11) is 0. The number of tetrazole rings is 1. The molecule has 0 saturated carbocycles. The predicted molar refractivity (Wildman–Crippen MR) is 98.7 cm³/mol. The van der Waals surface area contributed by atoms with Gasteiger partial charge >= 0.3 is 6.16 Å². The van der Waals surface area contributed by atoms with Gasteiger partial charge in [-0.1, -0.05) is 12.1 Å². The van der Waals surface area contributed by atoms with E-state index in [-0.39, 0.29) is 6.10 Å². The van der Waals surface area contributed by atoms with E-state index in [1.807, 2.05) is 38.1 Å². The monoisotopic (exact) mass is 424 g/mol. The van der Waals surface area contributed by atoms with E-state index in [0.29, 0.717) is 12.2 Å². The van der Waals surface area contributed by atoms with Gasteiger partial charge in [0.15, 0.2) is 12.1 Å². The van der Waals surface area contributed by atoms with Gasteiger partial charge in [0.05, 0.1) is 6.10 Å². The molecule has 164 valence electrons. The Morgan fingerprint density at radius 2 is 1.87 bits per heavy atom. The molecule has 5 atom stereocenters. The lowest BCUT2D eigenvalue weighted by atomic mass is 9.98. The topological polar surface area (TPSA) is 169 Å². The van der Waals surface area contributed by atoms with E-state index >= 15 is 0 Å². The van der Waals surface area contributed by atoms with Gasteiger partial charge in [0.2, 0.25) is 0 Å². The lowest BCUT2D eigenvalue weighted by molar-refractivity contribution is -0.257. The number of carbonyl (C=O) groups is 1. The molecule has 2 heterocycles. The minimum Gasteiger partial charge on any atom is -0.491 e. The minimum absolute atomic E-state index is 0.0675. The molecule has 1 fully saturated rings. The zero-order valence-corrected chi connectivity index (χ0v) is 16.4. The molecule has 30 heavy (non-hydrogen) atoms. The van der Waals surface area contributed by atoms with Crippen LogP contribution >= 0.6 is 0 Å². The quantitative estimate of drug-likeness (QED) is 0.431. The highest BCUT2D eigenvalue weighted by Crippen LogP contribution is 2.27. The average Bonchev–Trinajstić information content (AvgIpc) is 3.15. The van der Waals surface area contributed by atoms with Crippen molar-refractivity contribution in [3.05, 3.63) is 35.7 Å². The van der Waals surface area contributed by atoms with Crippen LogP contribution in [-0.2, 0) is 15.9 Å². The Bertz CT molecular complexity index is 843. The lowest BCUT2D eigenvalue weighted by Gasteiger charge is -2.39. The molecule has 2 aromatic rings. The first-order valence-corrected chi connectivity index (χ1v) is 9.34. The molecule has 1 saturated heterocycles. The van der Waals surface area contributed by atoms with Gasteiger partial charge in [-0.25, -0.2) is 4.79 Å². The summed E-state index contributed by atoms with van der Waals surface area (Å²) >= 11 is 0. The van der Waals surface area contributed by atoms with Crippen molar-refractivity contribution < 1.29 is 39.4 Å². The highest BCUT2D eigenvalue weighted by molar-refractivity contribution is 5.56. The fraction of sp³-hybridized carbons (Fsp3) is 0.556. The summed E-state index contributed by atoms with van der Waals surface area (Å²) in [6.07, 6.45) is -8.37. The van der Waals surface area contributed by atoms with Gasteiger partial charge in [0.25, 0.3) is 0 Å². The summed E-state index contributed by atoms with van der Waals surface area (Å²) in [5.74, 6) is 1.08. The van der Waals surface area contributed by atoms with Crippen molar-refractivity contribution in [2.24, 2.45) is 0 Å². The fourth-order valence-electron chi connectivity index (χ4n) is 2.99. The largest absolute Gasteiger partial charge is 0.505 e. The number of benzene rings is 1. The first-order chi connectivity index (χ1) is 14.2. The third-order valence-corrected chi connectivity index (χ3v) is 4.41. The highest BCUT2D eigenvalue weighted by atomic mass is 16.7. The van der Waals surface area contributed by atoms with Crippen LogP contribution in [0.25, 0.3) is 0 Å². The van der Waals surface area contributed by atoms with Crippen LogP contribution < -0.4 is 4.74 Å². The zero-order valence-electron chi connectivity index (χ0n) is 16.4. The standard InChI is InChI=1S/C18H24N4O8/c1-9(2)29-11-5-3-10(4-6-11)7-13-19-21-22(20-13)17-16(25)15(24)14(23)12(30-17)8-28-18(26)27/h3-6,9,12,14-17,23-25H,7-8H2,1-2H3,(H,26,27). The van der Waals surface area contributed by atoms with E-state index in [9.17, 15) is 20.1 Å². The number of aliphatic hydroxyl groups is 3. The number of hydrogen-bond donors (Lipinski definition) is 4. The summed E-state index contributed by atoms with van der Waals surface area (Å²) in [5, 5.41) is 50.8. The summed E-state index contributed by atoms with van der Waals surface area (Å²) in [4.78, 5) is 11.5. The first-order valence-electron chi connectivity index (χ1n) is 9.34. The van der Waals surface area contributed by atoms with E-state index in [1.54, 1.807) is 0 Å². The maximum atomic E-state index is 10.6. The molecule has 12 nitrogen and oxygen atoms in total. The predicted octanol–water partition coefficient (Wildman–Crippen LogP) is -0.274. The number of rotatable bonds is 7. The lowest BCUT2D eigenvalue weighted by Crippen LogP contribution is -2.57. The summed E-state index contributed by atoms with van der Waals surface area (Å²) in [6, 6.07) is 7.39. The average molecular weight is 424 g/mol. The fourth-order valence-corrected chi connectivity index (χ4v) is 2.99. The third kappa shape index (κ3) is 5.21. The summed E-state index contributed by atoms with van der Waals surface area (Å²) in [5.41, 5.74) is 0.902. The maximum absolute atomic E-state index is 10.6. The molecule has 3 rings (SSSR count). The number of nitrogens with zero attached hydrogens (tertiary/aromatic N) is 4. The SMILES string of the molecule is CC(C)Oc1ccc(Cc2nnn(C3OC(COC(=O)O)C(O)C(O)C3O)n2)cc1. The van der Waals surface area contributed by atoms with E-state index in [0.717, 1.165) is 16.1 Å². The second-order valence-electron chi connectivity index (χ2n) is 7.13. The minimum atomic E-state index is -1.62. The molecule has 1 aliphatic rings. The number of carboxylic acid groups (broad SMARTS) is 1. The molecule has 4 N–H and O–H groups in total. The molecule has 0 amide bonds. The smallest absolute Gasteiger partial charge is 0.491 e. The molecule has 0 radical (unpaired) electrons. The van der Waals surface area contributed by atoms with Crippen molar-refractivity contribution in [1.82, 2.24) is 20.2 Å². The molecule has 0 spiro atoms. The highest BCUT2D eigenvalue weighted by Gasteiger charge is 2.46. The molecular formula is C18H24N4O8. The van der Waals surface area contributed by atoms with Crippen molar-refractivity contribution >= 4 is 6.16 Å². The Balaban J connectivity index is 1.68. The van der Waals surface area contributed by atoms with Crippen molar-refractivity contribution in [2.75, 3.05) is 6.61 Å². The Labute approximate surface area is 171 Å². The van der Waals surface area contributed by atoms with Crippen LogP contribution in [-0.4, -0.2) is 83.9 Å². The number of hydrogen-bond acceptors (Lipinski definition) is 10. The van der Waals surface area contributed by atoms with Crippen LogP contribution in [0.15, 0.2) is 24.3 Å². The Morgan fingerprint density at radius 3 is 2.50 bits per heavy atom. The van der Waals surface area contributed by atoms with E-state index in [4.69, 9.17) is 14.6 Å². The maximum Gasteiger partial charge on any atom is 0.505 e. The van der Waals surface area contributed by atoms with Gasteiger partial charge in [0.1, 0.15) is 36.8 Å². The Morgan fingerprint density at radius 1 is 1.17 bits per heavy atom. The third-order valence-electron chi connectivity index (χ3n) is 4.41. The molecule has 0 aliphatic carbocycles. The van der Waals surface area contributed by atoms with Crippen LogP contribution in [0.1, 0.15) is 31.5 Å². The summed E-state index contributed by atoms with van der Waals surface area (Å²) < 4.78 is 15.5. The van der Waals surface area contributed by atoms with Crippen LogP contribution in [0.4, 0.5) is 4.79 Å². The molecule has 0 bridgehead atoms. The Hall–Kier alpha value is -2.80. The van der Waals surface area contributed by atoms with Crippen molar-refractivity contribution in [3.63, 3.8) is 0 Å². The van der Waals surface area contributed by atoms with E-state index in [1.165, 1.54) is 0 Å². The molecule has 1 aliphatic heterocycles. The number of aromatic nitrogens is 4. The molecule has 5 unspecified atom stereocenters. The molecule has 1 aromatic carbocycles. The van der Waals surface area contributed by atoms with E-state index in [2.05, 4.69) is 20.1 Å². The van der Waals surface area contributed by atoms with Crippen molar-refractivity contribution in [1.29, 1.82) is 0 Å². The molecular weight excluding hydrogens is 400 g/mol. The second-order valence-corrected chi connectivity index (χ2v) is 7.13. The normalized spacial score (nSPS) is 26.5. The van der Waals surface area contributed by atoms with Crippen molar-refractivity contribution in [3.8, 4) is 5.75 Å².